The van der Waals surface area contributed by atoms with E-state index < -0.39 is 0 Å². The van der Waals surface area contributed by atoms with Crippen molar-refractivity contribution in [2.45, 2.75) is 70.9 Å². The normalized spacial score (nSPS) is 36.8. The highest BCUT2D eigenvalue weighted by Crippen LogP contribution is 2.31. The predicted octanol–water partition coefficient (Wildman–Crippen LogP) is 2.64. The summed E-state index contributed by atoms with van der Waals surface area (Å²) in [5, 5.41) is 13.4. The fourth-order valence-electron chi connectivity index (χ4n) is 4.22. The number of nitrogens with one attached hydrogen (secondary N) is 1. The van der Waals surface area contributed by atoms with Crippen LogP contribution in [0.3, 0.4) is 0 Å². The molecule has 1 aliphatic heterocycles. The van der Waals surface area contributed by atoms with Crippen LogP contribution in [-0.4, -0.2) is 48.3 Å². The van der Waals surface area contributed by atoms with Gasteiger partial charge in [-0.15, -0.1) is 0 Å². The molecule has 0 aromatic heterocycles. The zero-order valence-electron chi connectivity index (χ0n) is 13.5. The second-order valence-electron chi connectivity index (χ2n) is 7.02. The third-order valence-electron chi connectivity index (χ3n) is 5.39. The molecule has 0 spiro atoms. The van der Waals surface area contributed by atoms with Crippen LogP contribution in [-0.2, 0) is 0 Å². The zero-order valence-corrected chi connectivity index (χ0v) is 13.5. The first kappa shape index (κ1) is 16.3. The van der Waals surface area contributed by atoms with E-state index in [9.17, 15) is 5.11 Å². The van der Waals surface area contributed by atoms with Crippen LogP contribution in [0.5, 0.6) is 0 Å². The molecular weight excluding hydrogens is 248 g/mol. The van der Waals surface area contributed by atoms with Crippen molar-refractivity contribution in [2.75, 3.05) is 26.2 Å². The second kappa shape index (κ2) is 8.35. The van der Waals surface area contributed by atoms with Gasteiger partial charge in [0.1, 0.15) is 0 Å². The van der Waals surface area contributed by atoms with Crippen molar-refractivity contribution in [1.29, 1.82) is 0 Å². The molecule has 1 heterocycles. The first-order chi connectivity index (χ1) is 9.74. The Balaban J connectivity index is 1.96. The lowest BCUT2D eigenvalue weighted by molar-refractivity contribution is 0.0819. The molecule has 0 aromatic rings. The second-order valence-corrected chi connectivity index (χ2v) is 7.02. The molecule has 4 unspecified atom stereocenters. The van der Waals surface area contributed by atoms with Crippen molar-refractivity contribution in [3.8, 4) is 0 Å². The molecule has 1 saturated carbocycles. The van der Waals surface area contributed by atoms with E-state index in [2.05, 4.69) is 24.1 Å². The Labute approximate surface area is 125 Å². The summed E-state index contributed by atoms with van der Waals surface area (Å²) in [7, 11) is 0. The highest BCUT2D eigenvalue weighted by Gasteiger charge is 2.31. The van der Waals surface area contributed by atoms with Gasteiger partial charge in [0.05, 0.1) is 6.61 Å². The Morgan fingerprint density at radius 1 is 1.15 bits per heavy atom. The van der Waals surface area contributed by atoms with Gasteiger partial charge < -0.3 is 10.4 Å². The van der Waals surface area contributed by atoms with Crippen molar-refractivity contribution in [1.82, 2.24) is 10.2 Å². The molecule has 0 bridgehead atoms. The smallest absolute Gasteiger partial charge is 0.0586 e. The molecule has 0 amide bonds. The number of likely N-dealkylation sites (tertiary alicyclic amines) is 1. The molecule has 118 valence electrons. The van der Waals surface area contributed by atoms with Crippen LogP contribution in [0, 0.1) is 11.8 Å². The van der Waals surface area contributed by atoms with Crippen molar-refractivity contribution < 1.29 is 5.11 Å². The van der Waals surface area contributed by atoms with E-state index >= 15 is 0 Å². The van der Waals surface area contributed by atoms with Gasteiger partial charge in [-0.3, -0.25) is 4.90 Å². The molecule has 4 atom stereocenters. The van der Waals surface area contributed by atoms with Crippen LogP contribution < -0.4 is 5.32 Å². The third kappa shape index (κ3) is 4.44. The maximum absolute atomic E-state index is 9.68. The number of rotatable bonds is 5. The van der Waals surface area contributed by atoms with Gasteiger partial charge in [0.15, 0.2) is 0 Å². The van der Waals surface area contributed by atoms with Crippen molar-refractivity contribution in [3.05, 3.63) is 0 Å². The lowest BCUT2D eigenvalue weighted by atomic mass is 9.78. The maximum atomic E-state index is 9.68. The van der Waals surface area contributed by atoms with Gasteiger partial charge in [-0.1, -0.05) is 26.7 Å². The summed E-state index contributed by atoms with van der Waals surface area (Å²) < 4.78 is 0. The fraction of sp³-hybridized carbons (Fsp3) is 1.00. The molecule has 2 rings (SSSR count). The van der Waals surface area contributed by atoms with Gasteiger partial charge in [0.25, 0.3) is 0 Å². The van der Waals surface area contributed by atoms with Crippen molar-refractivity contribution in [2.24, 2.45) is 11.8 Å². The van der Waals surface area contributed by atoms with Crippen LogP contribution in [0.1, 0.15) is 58.8 Å². The van der Waals surface area contributed by atoms with E-state index in [-0.39, 0.29) is 0 Å². The Morgan fingerprint density at radius 2 is 2.00 bits per heavy atom. The molecule has 0 radical (unpaired) electrons. The lowest BCUT2D eigenvalue weighted by Crippen LogP contribution is -2.48. The SMILES string of the molecule is CCNC1CCC(C)CC1CN1CCCCCC1CO. The Morgan fingerprint density at radius 3 is 2.75 bits per heavy atom. The van der Waals surface area contributed by atoms with Gasteiger partial charge in [0.2, 0.25) is 0 Å². The minimum absolute atomic E-state index is 0.341. The average molecular weight is 282 g/mol. The molecular formula is C17H34N2O. The summed E-state index contributed by atoms with van der Waals surface area (Å²) in [6, 6.07) is 1.11. The standard InChI is InChI=1S/C17H34N2O/c1-3-18-17-9-8-14(2)11-15(17)12-19-10-6-4-5-7-16(19)13-20/h14-18,20H,3-13H2,1-2H3. The van der Waals surface area contributed by atoms with Gasteiger partial charge in [-0.25, -0.2) is 0 Å². The van der Waals surface area contributed by atoms with Crippen LogP contribution in [0.4, 0.5) is 0 Å². The van der Waals surface area contributed by atoms with Gasteiger partial charge in [-0.2, -0.15) is 0 Å². The first-order valence-corrected chi connectivity index (χ1v) is 8.82. The monoisotopic (exact) mass is 282 g/mol. The molecule has 2 aliphatic rings. The topological polar surface area (TPSA) is 35.5 Å². The summed E-state index contributed by atoms with van der Waals surface area (Å²) in [5.74, 6) is 1.64. The van der Waals surface area contributed by atoms with E-state index in [1.54, 1.807) is 0 Å². The number of hydrogen-bond donors (Lipinski definition) is 2. The third-order valence-corrected chi connectivity index (χ3v) is 5.39. The largest absolute Gasteiger partial charge is 0.395 e. The average Bonchev–Trinajstić information content (AvgIpc) is 2.67. The minimum Gasteiger partial charge on any atom is -0.395 e. The minimum atomic E-state index is 0.341. The summed E-state index contributed by atoms with van der Waals surface area (Å²) >= 11 is 0. The summed E-state index contributed by atoms with van der Waals surface area (Å²) in [6.07, 6.45) is 9.18. The van der Waals surface area contributed by atoms with E-state index in [1.165, 1.54) is 58.0 Å². The molecule has 2 N–H and O–H groups in total. The van der Waals surface area contributed by atoms with Gasteiger partial charge in [0, 0.05) is 18.6 Å². The molecule has 20 heavy (non-hydrogen) atoms. The van der Waals surface area contributed by atoms with Crippen LogP contribution >= 0.6 is 0 Å². The molecule has 1 saturated heterocycles. The Bertz CT molecular complexity index is 272. The molecule has 1 aliphatic carbocycles. The van der Waals surface area contributed by atoms with E-state index in [1.807, 2.05) is 0 Å². The summed E-state index contributed by atoms with van der Waals surface area (Å²) in [5.41, 5.74) is 0. The molecule has 3 heteroatoms. The Hall–Kier alpha value is -0.120. The Kier molecular flexibility index (Phi) is 6.79. The number of nitrogens with zero attached hydrogens (tertiary/aromatic N) is 1. The number of aliphatic hydroxyl groups is 1. The maximum Gasteiger partial charge on any atom is 0.0586 e. The van der Waals surface area contributed by atoms with E-state index in [4.69, 9.17) is 0 Å². The van der Waals surface area contributed by atoms with E-state index in [0.717, 1.165) is 18.4 Å². The lowest BCUT2D eigenvalue weighted by Gasteiger charge is -2.40. The van der Waals surface area contributed by atoms with Crippen molar-refractivity contribution >= 4 is 0 Å². The van der Waals surface area contributed by atoms with Gasteiger partial charge >= 0.3 is 0 Å². The zero-order chi connectivity index (χ0) is 14.4. The summed E-state index contributed by atoms with van der Waals surface area (Å²) in [6.45, 7) is 8.42. The highest BCUT2D eigenvalue weighted by molar-refractivity contribution is 4.87. The predicted molar refractivity (Wildman–Crippen MR) is 84.9 cm³/mol. The van der Waals surface area contributed by atoms with Crippen molar-refractivity contribution in [3.63, 3.8) is 0 Å². The first-order valence-electron chi connectivity index (χ1n) is 8.82. The van der Waals surface area contributed by atoms with Gasteiger partial charge in [-0.05, 0) is 57.0 Å². The highest BCUT2D eigenvalue weighted by atomic mass is 16.3. The summed E-state index contributed by atoms with van der Waals surface area (Å²) in [4.78, 5) is 2.60. The molecule has 2 fully saturated rings. The van der Waals surface area contributed by atoms with E-state index in [0.29, 0.717) is 18.7 Å². The fourth-order valence-corrected chi connectivity index (χ4v) is 4.22. The quantitative estimate of drug-likeness (QED) is 0.814. The van der Waals surface area contributed by atoms with Crippen LogP contribution in [0.2, 0.25) is 0 Å². The number of aliphatic hydroxyl groups excluding tert-OH is 1. The van der Waals surface area contributed by atoms with Crippen LogP contribution in [0.25, 0.3) is 0 Å². The molecule has 3 nitrogen and oxygen atoms in total. The molecule has 0 aromatic carbocycles. The number of hydrogen-bond acceptors (Lipinski definition) is 3. The van der Waals surface area contributed by atoms with Crippen LogP contribution in [0.15, 0.2) is 0 Å².